The zero-order valence-corrected chi connectivity index (χ0v) is 18.0. The van der Waals surface area contributed by atoms with Crippen LogP contribution in [-0.2, 0) is 0 Å². The summed E-state index contributed by atoms with van der Waals surface area (Å²) in [5.74, 6) is 1.48. The third-order valence-electron chi connectivity index (χ3n) is 5.18. The minimum absolute atomic E-state index is 0.101. The van der Waals surface area contributed by atoms with Gasteiger partial charge in [0.25, 0.3) is 11.6 Å². The summed E-state index contributed by atoms with van der Waals surface area (Å²) in [5.41, 5.74) is 0.205. The Morgan fingerprint density at radius 2 is 1.94 bits per heavy atom. The van der Waals surface area contributed by atoms with Crippen LogP contribution in [0.3, 0.4) is 0 Å². The summed E-state index contributed by atoms with van der Waals surface area (Å²) in [4.78, 5) is 35.7. The molecule has 1 fully saturated rings. The van der Waals surface area contributed by atoms with Gasteiger partial charge in [-0.25, -0.2) is 9.97 Å². The molecule has 1 amide bonds. The fourth-order valence-corrected chi connectivity index (χ4v) is 3.69. The second-order valence-corrected chi connectivity index (χ2v) is 7.81. The van der Waals surface area contributed by atoms with Gasteiger partial charge in [0, 0.05) is 54.5 Å². The molecule has 0 bridgehead atoms. The maximum atomic E-state index is 12.9. The van der Waals surface area contributed by atoms with Gasteiger partial charge in [0.1, 0.15) is 17.9 Å². The van der Waals surface area contributed by atoms with E-state index in [1.807, 2.05) is 6.92 Å². The van der Waals surface area contributed by atoms with E-state index in [1.54, 1.807) is 41.3 Å². The predicted octanol–water partition coefficient (Wildman–Crippen LogP) is 4.18. The number of nitro benzene ring substituents is 1. The number of ether oxygens (including phenoxy) is 1. The van der Waals surface area contributed by atoms with Gasteiger partial charge in [0.2, 0.25) is 5.88 Å². The molecule has 164 valence electrons. The number of nitrogens with zero attached hydrogens (tertiary/aromatic N) is 5. The Balaban J connectivity index is 1.44. The van der Waals surface area contributed by atoms with Gasteiger partial charge in [-0.2, -0.15) is 0 Å². The van der Waals surface area contributed by atoms with Gasteiger partial charge >= 0.3 is 0 Å². The molecule has 0 N–H and O–H groups in total. The van der Waals surface area contributed by atoms with E-state index in [0.29, 0.717) is 47.7 Å². The van der Waals surface area contributed by atoms with Crippen molar-refractivity contribution in [2.75, 3.05) is 24.5 Å². The Bertz CT molecular complexity index is 1140. The number of piperazine rings is 1. The van der Waals surface area contributed by atoms with Crippen molar-refractivity contribution in [1.29, 1.82) is 0 Å². The second-order valence-electron chi connectivity index (χ2n) is 7.37. The van der Waals surface area contributed by atoms with Gasteiger partial charge in [0.05, 0.1) is 4.92 Å². The first kappa shape index (κ1) is 21.5. The largest absolute Gasteiger partial charge is 0.439 e. The molecule has 1 atom stereocenters. The molecule has 9 nitrogen and oxygen atoms in total. The van der Waals surface area contributed by atoms with E-state index in [4.69, 9.17) is 16.3 Å². The molecule has 1 aliphatic rings. The molecular formula is C22H20ClN5O4. The molecule has 0 saturated carbocycles. The minimum atomic E-state index is -0.503. The summed E-state index contributed by atoms with van der Waals surface area (Å²) in [6.45, 7) is 3.51. The number of carbonyl (C=O) groups excluding carboxylic acids is 1. The standard InChI is InChI=1S/C22H20ClN5O4/c1-15-13-26(9-10-27(15)22(29)16-3-2-4-18(11-16)28(30)31)20-12-21(25-14-24-20)32-19-7-5-17(23)6-8-19/h2-8,11-12,14-15H,9-10,13H2,1H3. The highest BCUT2D eigenvalue weighted by Crippen LogP contribution is 2.25. The van der Waals surface area contributed by atoms with Crippen LogP contribution in [0.5, 0.6) is 11.6 Å². The number of nitro groups is 1. The molecule has 1 aliphatic heterocycles. The number of aromatic nitrogens is 2. The van der Waals surface area contributed by atoms with Crippen molar-refractivity contribution < 1.29 is 14.5 Å². The predicted molar refractivity (Wildman–Crippen MR) is 119 cm³/mol. The summed E-state index contributed by atoms with van der Waals surface area (Å²) in [7, 11) is 0. The molecule has 1 unspecified atom stereocenters. The van der Waals surface area contributed by atoms with Crippen molar-refractivity contribution >= 4 is 29.0 Å². The van der Waals surface area contributed by atoms with Gasteiger partial charge in [-0.1, -0.05) is 17.7 Å². The number of rotatable bonds is 5. The van der Waals surface area contributed by atoms with Crippen LogP contribution in [0.25, 0.3) is 0 Å². The van der Waals surface area contributed by atoms with E-state index in [2.05, 4.69) is 14.9 Å². The highest BCUT2D eigenvalue weighted by atomic mass is 35.5. The number of anilines is 1. The highest BCUT2D eigenvalue weighted by molar-refractivity contribution is 6.30. The number of hydrogen-bond acceptors (Lipinski definition) is 7. The SMILES string of the molecule is CC1CN(c2cc(Oc3ccc(Cl)cc3)ncn2)CCN1C(=O)c1cccc([N+](=O)[O-])c1. The number of carbonyl (C=O) groups is 1. The summed E-state index contributed by atoms with van der Waals surface area (Å²) in [5, 5.41) is 11.6. The number of non-ortho nitro benzene ring substituents is 1. The van der Waals surface area contributed by atoms with Gasteiger partial charge in [0.15, 0.2) is 0 Å². The molecule has 10 heteroatoms. The first-order chi connectivity index (χ1) is 15.4. The molecule has 2 aromatic carbocycles. The lowest BCUT2D eigenvalue weighted by Gasteiger charge is -2.40. The van der Waals surface area contributed by atoms with Crippen LogP contribution in [0.2, 0.25) is 5.02 Å². The molecule has 0 spiro atoms. The molecule has 1 aromatic heterocycles. The lowest BCUT2D eigenvalue weighted by atomic mass is 10.1. The van der Waals surface area contributed by atoms with E-state index in [1.165, 1.54) is 24.5 Å². The number of benzene rings is 2. The molecule has 32 heavy (non-hydrogen) atoms. The fourth-order valence-electron chi connectivity index (χ4n) is 3.57. The van der Waals surface area contributed by atoms with Crippen molar-refractivity contribution in [3.63, 3.8) is 0 Å². The molecule has 2 heterocycles. The number of halogens is 1. The van der Waals surface area contributed by atoms with Crippen molar-refractivity contribution in [3.8, 4) is 11.6 Å². The summed E-state index contributed by atoms with van der Waals surface area (Å²) >= 11 is 5.90. The zero-order valence-electron chi connectivity index (χ0n) is 17.2. The van der Waals surface area contributed by atoms with Crippen molar-refractivity contribution in [3.05, 3.63) is 81.6 Å². The Kier molecular flexibility index (Phi) is 6.18. The van der Waals surface area contributed by atoms with Crippen LogP contribution in [0.15, 0.2) is 60.9 Å². The van der Waals surface area contributed by atoms with E-state index >= 15 is 0 Å². The van der Waals surface area contributed by atoms with Crippen molar-refractivity contribution in [1.82, 2.24) is 14.9 Å². The maximum Gasteiger partial charge on any atom is 0.270 e. The van der Waals surface area contributed by atoms with Gasteiger partial charge in [-0.15, -0.1) is 0 Å². The highest BCUT2D eigenvalue weighted by Gasteiger charge is 2.29. The van der Waals surface area contributed by atoms with E-state index < -0.39 is 4.92 Å². The second kappa shape index (κ2) is 9.19. The summed E-state index contributed by atoms with van der Waals surface area (Å²) < 4.78 is 5.78. The quantitative estimate of drug-likeness (QED) is 0.421. The van der Waals surface area contributed by atoms with Crippen molar-refractivity contribution in [2.24, 2.45) is 0 Å². The number of amides is 1. The van der Waals surface area contributed by atoms with E-state index in [9.17, 15) is 14.9 Å². The Labute approximate surface area is 189 Å². The van der Waals surface area contributed by atoms with Crippen LogP contribution >= 0.6 is 11.6 Å². The third-order valence-corrected chi connectivity index (χ3v) is 5.43. The average Bonchev–Trinajstić information content (AvgIpc) is 2.80. The fraction of sp³-hybridized carbons (Fsp3) is 0.227. The zero-order chi connectivity index (χ0) is 22.7. The van der Waals surface area contributed by atoms with Crippen LogP contribution in [0.4, 0.5) is 11.5 Å². The Morgan fingerprint density at radius 3 is 2.66 bits per heavy atom. The molecule has 0 aliphatic carbocycles. The Morgan fingerprint density at radius 1 is 1.16 bits per heavy atom. The molecule has 0 radical (unpaired) electrons. The lowest BCUT2D eigenvalue weighted by Crippen LogP contribution is -2.54. The van der Waals surface area contributed by atoms with Crippen LogP contribution in [-0.4, -0.2) is 51.4 Å². The monoisotopic (exact) mass is 453 g/mol. The van der Waals surface area contributed by atoms with Gasteiger partial charge in [-0.3, -0.25) is 14.9 Å². The molecule has 1 saturated heterocycles. The summed E-state index contributed by atoms with van der Waals surface area (Å²) in [6, 6.07) is 14.4. The molecular weight excluding hydrogens is 434 g/mol. The maximum absolute atomic E-state index is 12.9. The van der Waals surface area contributed by atoms with E-state index in [0.717, 1.165) is 0 Å². The number of hydrogen-bond donors (Lipinski definition) is 0. The average molecular weight is 454 g/mol. The van der Waals surface area contributed by atoms with Crippen LogP contribution in [0.1, 0.15) is 17.3 Å². The normalized spacial score (nSPS) is 16.0. The van der Waals surface area contributed by atoms with Gasteiger partial charge in [-0.05, 0) is 37.3 Å². The molecule has 4 rings (SSSR count). The van der Waals surface area contributed by atoms with E-state index in [-0.39, 0.29) is 17.6 Å². The Hall–Kier alpha value is -3.72. The van der Waals surface area contributed by atoms with Crippen molar-refractivity contribution in [2.45, 2.75) is 13.0 Å². The minimum Gasteiger partial charge on any atom is -0.439 e. The van der Waals surface area contributed by atoms with Crippen LogP contribution < -0.4 is 9.64 Å². The molecule has 3 aromatic rings. The smallest absolute Gasteiger partial charge is 0.270 e. The first-order valence-electron chi connectivity index (χ1n) is 9.96. The summed E-state index contributed by atoms with van der Waals surface area (Å²) in [6.07, 6.45) is 1.44. The first-order valence-corrected chi connectivity index (χ1v) is 10.3. The van der Waals surface area contributed by atoms with Crippen LogP contribution in [0, 0.1) is 10.1 Å². The topological polar surface area (TPSA) is 102 Å². The van der Waals surface area contributed by atoms with Gasteiger partial charge < -0.3 is 14.5 Å². The lowest BCUT2D eigenvalue weighted by molar-refractivity contribution is -0.384. The third kappa shape index (κ3) is 4.78.